The number of carbonyl (C=O) groups excluding carboxylic acids is 1. The molecule has 1 aromatic heterocycles. The zero-order valence-electron chi connectivity index (χ0n) is 11.0. The Labute approximate surface area is 102 Å². The monoisotopic (exact) mass is 232 g/mol. The summed E-state index contributed by atoms with van der Waals surface area (Å²) in [4.78, 5) is 11.7. The molecule has 1 aromatic rings. The highest BCUT2D eigenvalue weighted by molar-refractivity contribution is 6.00. The van der Waals surface area contributed by atoms with E-state index in [9.17, 15) is 4.79 Å². The quantitative estimate of drug-likeness (QED) is 0.809. The first-order chi connectivity index (χ1) is 8.00. The second-order valence-electron chi connectivity index (χ2n) is 5.23. The Morgan fingerprint density at radius 2 is 2.06 bits per heavy atom. The number of allylic oxidation sites excluding steroid dienone is 2. The fourth-order valence-electron chi connectivity index (χ4n) is 2.37. The van der Waals surface area contributed by atoms with E-state index in [0.717, 1.165) is 16.8 Å². The molecule has 3 nitrogen and oxygen atoms in total. The fraction of sp³-hybridized carbons (Fsp3) is 0.571. The van der Waals surface area contributed by atoms with Crippen LogP contribution in [0.5, 0.6) is 0 Å². The van der Waals surface area contributed by atoms with E-state index >= 15 is 0 Å². The van der Waals surface area contributed by atoms with E-state index in [1.807, 2.05) is 6.92 Å². The molecule has 1 aliphatic rings. The van der Waals surface area contributed by atoms with Crippen LogP contribution in [0.3, 0.4) is 0 Å². The third kappa shape index (κ3) is 2.48. The summed E-state index contributed by atoms with van der Waals surface area (Å²) in [5.74, 6) is 1.06. The van der Waals surface area contributed by atoms with Gasteiger partial charge in [-0.15, -0.1) is 0 Å². The van der Waals surface area contributed by atoms with E-state index in [1.54, 1.807) is 6.92 Å². The molecule has 1 fully saturated rings. The van der Waals surface area contributed by atoms with E-state index < -0.39 is 0 Å². The normalized spacial score (nSPS) is 17.2. The number of Topliss-reactive ketones (excluding diaryl/α,β-unsaturated/α-hetero) is 1. The highest BCUT2D eigenvalue weighted by Crippen LogP contribution is 2.39. The number of H-pyrrole nitrogens is 1. The maximum absolute atomic E-state index is 11.7. The molecule has 1 saturated carbocycles. The SMILES string of the molecule is CC(=O)/C(=C(\C)c1cc(C2CC2)[nH]n1)C(C)C. The molecule has 0 saturated heterocycles. The van der Waals surface area contributed by atoms with Gasteiger partial charge in [0.05, 0.1) is 5.69 Å². The van der Waals surface area contributed by atoms with Crippen LogP contribution in [0.25, 0.3) is 5.57 Å². The van der Waals surface area contributed by atoms with Crippen LogP contribution in [-0.4, -0.2) is 16.0 Å². The Morgan fingerprint density at radius 3 is 2.53 bits per heavy atom. The van der Waals surface area contributed by atoms with Crippen molar-refractivity contribution in [1.29, 1.82) is 0 Å². The van der Waals surface area contributed by atoms with Crippen LogP contribution in [0.1, 0.15) is 57.8 Å². The van der Waals surface area contributed by atoms with Gasteiger partial charge in [-0.2, -0.15) is 5.10 Å². The van der Waals surface area contributed by atoms with Crippen molar-refractivity contribution in [1.82, 2.24) is 10.2 Å². The van der Waals surface area contributed by atoms with Gasteiger partial charge in [0.15, 0.2) is 5.78 Å². The summed E-state index contributed by atoms with van der Waals surface area (Å²) in [7, 11) is 0. The number of hydrogen-bond acceptors (Lipinski definition) is 2. The van der Waals surface area contributed by atoms with Crippen molar-refractivity contribution in [3.05, 3.63) is 23.0 Å². The van der Waals surface area contributed by atoms with E-state index in [4.69, 9.17) is 0 Å². The number of ketones is 1. The molecule has 1 N–H and O–H groups in total. The van der Waals surface area contributed by atoms with Crippen molar-refractivity contribution >= 4 is 11.4 Å². The lowest BCUT2D eigenvalue weighted by molar-refractivity contribution is -0.113. The van der Waals surface area contributed by atoms with Gasteiger partial charge in [-0.1, -0.05) is 13.8 Å². The van der Waals surface area contributed by atoms with Crippen LogP contribution in [0.4, 0.5) is 0 Å². The van der Waals surface area contributed by atoms with Gasteiger partial charge in [-0.05, 0) is 44.2 Å². The molecule has 0 spiro atoms. The van der Waals surface area contributed by atoms with Crippen molar-refractivity contribution in [2.45, 2.75) is 46.5 Å². The van der Waals surface area contributed by atoms with E-state index in [2.05, 4.69) is 30.1 Å². The summed E-state index contributed by atoms with van der Waals surface area (Å²) in [6, 6.07) is 2.10. The van der Waals surface area contributed by atoms with Gasteiger partial charge in [-0.3, -0.25) is 9.89 Å². The third-order valence-corrected chi connectivity index (χ3v) is 3.36. The second kappa shape index (κ2) is 4.47. The molecule has 2 rings (SSSR count). The number of rotatable bonds is 4. The van der Waals surface area contributed by atoms with Crippen molar-refractivity contribution < 1.29 is 4.79 Å². The minimum Gasteiger partial charge on any atom is -0.295 e. The lowest BCUT2D eigenvalue weighted by Crippen LogP contribution is -2.06. The van der Waals surface area contributed by atoms with E-state index in [-0.39, 0.29) is 11.7 Å². The predicted octanol–water partition coefficient (Wildman–Crippen LogP) is 3.31. The number of aromatic nitrogens is 2. The molecule has 92 valence electrons. The van der Waals surface area contributed by atoms with Crippen LogP contribution < -0.4 is 0 Å². The number of nitrogens with one attached hydrogen (secondary N) is 1. The standard InChI is InChI=1S/C14H20N2O/c1-8(2)14(10(4)17)9(3)12-7-13(16-15-12)11-5-6-11/h7-8,11H,5-6H2,1-4H3,(H,15,16)/b14-9+. The first-order valence-electron chi connectivity index (χ1n) is 6.28. The summed E-state index contributed by atoms with van der Waals surface area (Å²) in [5.41, 5.74) is 4.03. The van der Waals surface area contributed by atoms with Gasteiger partial charge in [0, 0.05) is 17.2 Å². The molecule has 0 bridgehead atoms. The van der Waals surface area contributed by atoms with Crippen LogP contribution >= 0.6 is 0 Å². The van der Waals surface area contributed by atoms with Crippen molar-refractivity contribution in [2.24, 2.45) is 5.92 Å². The molecule has 0 aliphatic heterocycles. The average Bonchev–Trinajstić information content (AvgIpc) is 2.95. The van der Waals surface area contributed by atoms with Crippen LogP contribution in [0, 0.1) is 5.92 Å². The number of carbonyl (C=O) groups is 1. The summed E-state index contributed by atoms with van der Waals surface area (Å²) < 4.78 is 0. The summed E-state index contributed by atoms with van der Waals surface area (Å²) in [5, 5.41) is 7.41. The van der Waals surface area contributed by atoms with Crippen molar-refractivity contribution in [3.8, 4) is 0 Å². The molecule has 1 heterocycles. The van der Waals surface area contributed by atoms with Gasteiger partial charge in [-0.25, -0.2) is 0 Å². The predicted molar refractivity (Wildman–Crippen MR) is 68.7 cm³/mol. The van der Waals surface area contributed by atoms with Gasteiger partial charge in [0.2, 0.25) is 0 Å². The lowest BCUT2D eigenvalue weighted by Gasteiger charge is -2.11. The smallest absolute Gasteiger partial charge is 0.156 e. The highest BCUT2D eigenvalue weighted by Gasteiger charge is 2.26. The first-order valence-corrected chi connectivity index (χ1v) is 6.28. The topological polar surface area (TPSA) is 45.8 Å². The Morgan fingerprint density at radius 1 is 1.41 bits per heavy atom. The van der Waals surface area contributed by atoms with Gasteiger partial charge >= 0.3 is 0 Å². The third-order valence-electron chi connectivity index (χ3n) is 3.36. The molecule has 3 heteroatoms. The highest BCUT2D eigenvalue weighted by atomic mass is 16.1. The minimum absolute atomic E-state index is 0.147. The second-order valence-corrected chi connectivity index (χ2v) is 5.23. The van der Waals surface area contributed by atoms with Gasteiger partial charge in [0.25, 0.3) is 0 Å². The summed E-state index contributed by atoms with van der Waals surface area (Å²) >= 11 is 0. The Balaban J connectivity index is 2.35. The Hall–Kier alpha value is -1.38. The molecule has 0 radical (unpaired) electrons. The molecule has 0 amide bonds. The number of nitrogens with zero attached hydrogens (tertiary/aromatic N) is 1. The van der Waals surface area contributed by atoms with E-state index in [0.29, 0.717) is 5.92 Å². The maximum atomic E-state index is 11.7. The molecule has 17 heavy (non-hydrogen) atoms. The Kier molecular flexibility index (Phi) is 3.18. The molecule has 1 aliphatic carbocycles. The van der Waals surface area contributed by atoms with Gasteiger partial charge in [0.1, 0.15) is 0 Å². The van der Waals surface area contributed by atoms with Crippen LogP contribution in [-0.2, 0) is 4.79 Å². The number of aromatic amines is 1. The fourth-order valence-corrected chi connectivity index (χ4v) is 2.37. The minimum atomic E-state index is 0.147. The molecular formula is C14H20N2O. The first kappa shape index (κ1) is 12.1. The maximum Gasteiger partial charge on any atom is 0.156 e. The average molecular weight is 232 g/mol. The summed E-state index contributed by atoms with van der Waals surface area (Å²) in [6.45, 7) is 7.72. The lowest BCUT2D eigenvalue weighted by atomic mass is 9.93. The molecule has 0 unspecified atom stereocenters. The van der Waals surface area contributed by atoms with Crippen molar-refractivity contribution in [2.75, 3.05) is 0 Å². The molecule has 0 aromatic carbocycles. The number of hydrogen-bond donors (Lipinski definition) is 1. The zero-order valence-corrected chi connectivity index (χ0v) is 11.0. The van der Waals surface area contributed by atoms with Crippen LogP contribution in [0.15, 0.2) is 11.6 Å². The summed E-state index contributed by atoms with van der Waals surface area (Å²) in [6.07, 6.45) is 2.52. The van der Waals surface area contributed by atoms with Gasteiger partial charge < -0.3 is 0 Å². The zero-order chi connectivity index (χ0) is 12.6. The largest absolute Gasteiger partial charge is 0.295 e. The van der Waals surface area contributed by atoms with Crippen LogP contribution in [0.2, 0.25) is 0 Å². The van der Waals surface area contributed by atoms with E-state index in [1.165, 1.54) is 18.5 Å². The Bertz CT molecular complexity index is 464. The molecular weight excluding hydrogens is 212 g/mol. The molecule has 0 atom stereocenters. The van der Waals surface area contributed by atoms with Crippen molar-refractivity contribution in [3.63, 3.8) is 0 Å².